The van der Waals surface area contributed by atoms with Crippen molar-refractivity contribution in [3.8, 4) is 11.5 Å². The van der Waals surface area contributed by atoms with Gasteiger partial charge in [-0.3, -0.25) is 4.79 Å². The molecule has 6 heteroatoms. The molecule has 0 spiro atoms. The number of carbonyl (C=O) groups is 1. The van der Waals surface area contributed by atoms with Gasteiger partial charge in [-0.15, -0.1) is 10.2 Å². The number of aromatic nitrogens is 4. The van der Waals surface area contributed by atoms with Crippen molar-refractivity contribution in [2.24, 2.45) is 5.73 Å². The van der Waals surface area contributed by atoms with E-state index in [1.54, 1.807) is 10.6 Å². The SMILES string of the molecule is NC(=O)C1C=Cc2ccc3nnnc-3n21. The minimum Gasteiger partial charge on any atom is -0.368 e. The van der Waals surface area contributed by atoms with Crippen LogP contribution in [-0.2, 0) is 4.79 Å². The van der Waals surface area contributed by atoms with E-state index < -0.39 is 11.9 Å². The summed E-state index contributed by atoms with van der Waals surface area (Å²) in [5.74, 6) is 0.173. The molecule has 2 N–H and O–H groups in total. The van der Waals surface area contributed by atoms with Crippen molar-refractivity contribution >= 4 is 12.0 Å². The first-order valence-electron chi connectivity index (χ1n) is 4.45. The molecule has 1 atom stereocenters. The van der Waals surface area contributed by atoms with Crippen LogP contribution in [0, 0.1) is 0 Å². The maximum absolute atomic E-state index is 11.2. The van der Waals surface area contributed by atoms with Crippen molar-refractivity contribution in [2.45, 2.75) is 6.04 Å². The highest BCUT2D eigenvalue weighted by molar-refractivity contribution is 5.84. The maximum Gasteiger partial charge on any atom is 0.244 e. The fraction of sp³-hybridized carbons (Fsp3) is 0.111. The van der Waals surface area contributed by atoms with Gasteiger partial charge in [0, 0.05) is 5.69 Å². The second-order valence-corrected chi connectivity index (χ2v) is 3.33. The molecule has 0 saturated carbocycles. The summed E-state index contributed by atoms with van der Waals surface area (Å²) in [6.07, 6.45) is 3.58. The molecule has 1 amide bonds. The van der Waals surface area contributed by atoms with Crippen LogP contribution in [-0.4, -0.2) is 25.9 Å². The summed E-state index contributed by atoms with van der Waals surface area (Å²) in [4.78, 5) is 11.2. The summed E-state index contributed by atoms with van der Waals surface area (Å²) < 4.78 is 1.73. The summed E-state index contributed by atoms with van der Waals surface area (Å²) in [7, 11) is 0. The van der Waals surface area contributed by atoms with Crippen molar-refractivity contribution in [1.82, 2.24) is 20.0 Å². The van der Waals surface area contributed by atoms with E-state index in [0.717, 1.165) is 5.69 Å². The first-order chi connectivity index (χ1) is 7.27. The van der Waals surface area contributed by atoms with Gasteiger partial charge in [-0.2, -0.15) is 0 Å². The second kappa shape index (κ2) is 2.63. The first kappa shape index (κ1) is 8.10. The van der Waals surface area contributed by atoms with Gasteiger partial charge in [0.2, 0.25) is 5.91 Å². The zero-order valence-corrected chi connectivity index (χ0v) is 7.66. The lowest BCUT2D eigenvalue weighted by molar-refractivity contribution is -0.119. The van der Waals surface area contributed by atoms with Crippen LogP contribution in [0.15, 0.2) is 18.2 Å². The Morgan fingerprint density at radius 3 is 3.07 bits per heavy atom. The second-order valence-electron chi connectivity index (χ2n) is 3.33. The lowest BCUT2D eigenvalue weighted by Crippen LogP contribution is -2.25. The van der Waals surface area contributed by atoms with Gasteiger partial charge in [0.15, 0.2) is 5.82 Å². The van der Waals surface area contributed by atoms with Crippen LogP contribution in [0.2, 0.25) is 0 Å². The number of hydrogen-bond donors (Lipinski definition) is 1. The number of rotatable bonds is 1. The van der Waals surface area contributed by atoms with Crippen molar-refractivity contribution < 1.29 is 4.79 Å². The molecule has 0 bridgehead atoms. The van der Waals surface area contributed by atoms with Crippen LogP contribution in [0.4, 0.5) is 0 Å². The van der Waals surface area contributed by atoms with Crippen LogP contribution in [0.25, 0.3) is 17.6 Å². The van der Waals surface area contributed by atoms with Gasteiger partial charge in [0.25, 0.3) is 0 Å². The van der Waals surface area contributed by atoms with Crippen LogP contribution in [0.5, 0.6) is 0 Å². The number of carbonyl (C=O) groups excluding carboxylic acids is 1. The lowest BCUT2D eigenvalue weighted by Gasteiger charge is -2.13. The Bertz CT molecular complexity index is 544. The first-order valence-corrected chi connectivity index (χ1v) is 4.45. The molecule has 3 aliphatic rings. The van der Waals surface area contributed by atoms with Gasteiger partial charge in [-0.1, -0.05) is 6.08 Å². The summed E-state index contributed by atoms with van der Waals surface area (Å²) in [5, 5.41) is 11.3. The molecule has 15 heavy (non-hydrogen) atoms. The number of nitrogens with zero attached hydrogens (tertiary/aromatic N) is 4. The number of hydrogen-bond acceptors (Lipinski definition) is 4. The Balaban J connectivity index is 2.29. The monoisotopic (exact) mass is 201 g/mol. The highest BCUT2D eigenvalue weighted by atomic mass is 16.1. The van der Waals surface area contributed by atoms with E-state index in [2.05, 4.69) is 15.4 Å². The van der Waals surface area contributed by atoms with E-state index in [1.165, 1.54) is 0 Å². The van der Waals surface area contributed by atoms with Crippen LogP contribution < -0.4 is 5.73 Å². The molecule has 3 rings (SSSR count). The van der Waals surface area contributed by atoms with Gasteiger partial charge in [0.05, 0.1) is 0 Å². The van der Waals surface area contributed by atoms with E-state index in [9.17, 15) is 4.79 Å². The Kier molecular flexibility index (Phi) is 1.42. The molecule has 0 aromatic rings. The highest BCUT2D eigenvalue weighted by Gasteiger charge is 2.26. The number of primary amides is 1. The lowest BCUT2D eigenvalue weighted by atomic mass is 10.2. The highest BCUT2D eigenvalue weighted by Crippen LogP contribution is 2.29. The molecule has 0 aromatic heterocycles. The van der Waals surface area contributed by atoms with Crippen molar-refractivity contribution in [2.75, 3.05) is 0 Å². The largest absolute Gasteiger partial charge is 0.368 e. The summed E-state index contributed by atoms with van der Waals surface area (Å²) in [6.45, 7) is 0. The summed E-state index contributed by atoms with van der Waals surface area (Å²) >= 11 is 0. The van der Waals surface area contributed by atoms with Crippen LogP contribution in [0.1, 0.15) is 11.7 Å². The van der Waals surface area contributed by atoms with E-state index in [-0.39, 0.29) is 0 Å². The number of pyridine rings is 1. The van der Waals surface area contributed by atoms with Gasteiger partial charge in [-0.25, -0.2) is 0 Å². The molecule has 0 fully saturated rings. The number of fused-ring (bicyclic) bond motifs is 3. The Morgan fingerprint density at radius 2 is 2.27 bits per heavy atom. The Hall–Kier alpha value is -2.24. The van der Waals surface area contributed by atoms with Gasteiger partial charge in [-0.05, 0) is 23.4 Å². The van der Waals surface area contributed by atoms with E-state index in [1.807, 2.05) is 18.2 Å². The molecule has 3 heterocycles. The van der Waals surface area contributed by atoms with E-state index in [4.69, 9.17) is 5.73 Å². The predicted molar refractivity (Wildman–Crippen MR) is 51.7 cm³/mol. The zero-order valence-electron chi connectivity index (χ0n) is 7.66. The minimum atomic E-state index is -0.484. The predicted octanol–water partition coefficient (Wildman–Crippen LogP) is -0.169. The molecule has 0 radical (unpaired) electrons. The molecular formula is C9H7N5O. The van der Waals surface area contributed by atoms with Crippen molar-refractivity contribution in [3.05, 3.63) is 23.9 Å². The van der Waals surface area contributed by atoms with Gasteiger partial charge >= 0.3 is 0 Å². The Labute approximate surface area is 84.7 Å². The normalized spacial score (nSPS) is 18.3. The average molecular weight is 201 g/mol. The quantitative estimate of drug-likeness (QED) is 0.694. The molecular weight excluding hydrogens is 194 g/mol. The number of nitrogens with two attached hydrogens (primary N) is 1. The number of amides is 1. The maximum atomic E-state index is 11.2. The fourth-order valence-electron chi connectivity index (χ4n) is 1.78. The minimum absolute atomic E-state index is 0.412. The topological polar surface area (TPSA) is 86.7 Å². The van der Waals surface area contributed by atoms with Crippen molar-refractivity contribution in [1.29, 1.82) is 0 Å². The molecule has 6 nitrogen and oxygen atoms in total. The van der Waals surface area contributed by atoms with Crippen LogP contribution in [0.3, 0.4) is 0 Å². The Morgan fingerprint density at radius 1 is 1.40 bits per heavy atom. The zero-order chi connectivity index (χ0) is 10.4. The van der Waals surface area contributed by atoms with E-state index >= 15 is 0 Å². The fourth-order valence-corrected chi connectivity index (χ4v) is 1.78. The third-order valence-electron chi connectivity index (χ3n) is 2.46. The van der Waals surface area contributed by atoms with Gasteiger partial charge < -0.3 is 10.3 Å². The third-order valence-corrected chi connectivity index (χ3v) is 2.46. The van der Waals surface area contributed by atoms with Gasteiger partial charge in [0.1, 0.15) is 11.7 Å². The van der Waals surface area contributed by atoms with E-state index in [0.29, 0.717) is 11.5 Å². The molecule has 0 saturated heterocycles. The molecule has 0 aromatic carbocycles. The molecule has 0 aliphatic carbocycles. The standard InChI is InChI=1S/C9H7N5O/c10-8(15)7-4-2-5-1-3-6-9(14(5)7)12-13-11-6/h1-4,7H,(H2,10,15). The summed E-state index contributed by atoms with van der Waals surface area (Å²) in [6, 6.07) is 3.19. The average Bonchev–Trinajstić information content (AvgIpc) is 2.82. The van der Waals surface area contributed by atoms with Crippen LogP contribution >= 0.6 is 0 Å². The molecule has 1 unspecified atom stereocenters. The third kappa shape index (κ3) is 0.983. The smallest absolute Gasteiger partial charge is 0.244 e. The van der Waals surface area contributed by atoms with Crippen molar-refractivity contribution in [3.63, 3.8) is 0 Å². The summed E-state index contributed by atoms with van der Waals surface area (Å²) in [5.41, 5.74) is 6.84. The molecule has 74 valence electrons. The molecule has 3 aliphatic heterocycles.